The Morgan fingerprint density at radius 1 is 1.22 bits per heavy atom. The molecule has 0 bridgehead atoms. The van der Waals surface area contributed by atoms with Gasteiger partial charge < -0.3 is 10.6 Å². The van der Waals surface area contributed by atoms with Crippen LogP contribution in [0.5, 0.6) is 0 Å². The Labute approximate surface area is 139 Å². The molecule has 2 N–H and O–H groups in total. The first kappa shape index (κ1) is 15.5. The molecule has 0 radical (unpaired) electrons. The topological polar surface area (TPSA) is 63.4 Å². The van der Waals surface area contributed by atoms with Gasteiger partial charge in [-0.15, -0.1) is 0 Å². The van der Waals surface area contributed by atoms with Crippen LogP contribution in [0.1, 0.15) is 40.4 Å². The molecule has 2 amide bonds. The second kappa shape index (κ2) is 6.79. The molecule has 0 spiro atoms. The van der Waals surface area contributed by atoms with E-state index in [1.807, 2.05) is 10.3 Å². The number of hydrogen-bond donors (Lipinski definition) is 1. The lowest BCUT2D eigenvalue weighted by Crippen LogP contribution is -2.28. The van der Waals surface area contributed by atoms with E-state index in [0.29, 0.717) is 5.56 Å². The lowest BCUT2D eigenvalue weighted by molar-refractivity contribution is -0.126. The van der Waals surface area contributed by atoms with Gasteiger partial charge in [-0.1, -0.05) is 12.1 Å². The van der Waals surface area contributed by atoms with Gasteiger partial charge in [-0.05, 0) is 59.0 Å². The number of hydrogen-bond acceptors (Lipinski definition) is 3. The van der Waals surface area contributed by atoms with E-state index >= 15 is 0 Å². The number of carbonyl (C=O) groups excluding carboxylic acids is 2. The Morgan fingerprint density at radius 3 is 2.65 bits per heavy atom. The number of rotatable bonds is 4. The minimum atomic E-state index is -0.452. The summed E-state index contributed by atoms with van der Waals surface area (Å²) in [6.07, 6.45) is 5.43. The summed E-state index contributed by atoms with van der Waals surface area (Å²) in [7, 11) is 0. The Balaban J connectivity index is 1.69. The quantitative estimate of drug-likeness (QED) is 0.877. The number of primary amides is 1. The van der Waals surface area contributed by atoms with Crippen molar-refractivity contribution in [1.29, 1.82) is 0 Å². The van der Waals surface area contributed by atoms with Crippen molar-refractivity contribution in [2.75, 3.05) is 6.54 Å². The van der Waals surface area contributed by atoms with Crippen molar-refractivity contribution in [3.05, 3.63) is 63.9 Å². The molecule has 23 heavy (non-hydrogen) atoms. The molecule has 4 nitrogen and oxygen atoms in total. The van der Waals surface area contributed by atoms with E-state index in [4.69, 9.17) is 5.73 Å². The lowest BCUT2D eigenvalue weighted by Gasteiger charge is -2.22. The Morgan fingerprint density at radius 2 is 2.00 bits per heavy atom. The molecule has 0 saturated carbocycles. The molecular weight excluding hydrogens is 308 g/mol. The first-order valence-corrected chi connectivity index (χ1v) is 8.50. The van der Waals surface area contributed by atoms with E-state index in [2.05, 4.69) is 11.4 Å². The van der Waals surface area contributed by atoms with Gasteiger partial charge in [-0.25, -0.2) is 0 Å². The third-order valence-corrected chi connectivity index (χ3v) is 4.78. The van der Waals surface area contributed by atoms with Gasteiger partial charge in [0.25, 0.3) is 0 Å². The van der Waals surface area contributed by atoms with Crippen LogP contribution in [-0.2, 0) is 4.79 Å². The van der Waals surface area contributed by atoms with Gasteiger partial charge in [0.15, 0.2) is 0 Å². The number of thiophene rings is 1. The fraction of sp³-hybridized carbons (Fsp3) is 0.222. The second-order valence-corrected chi connectivity index (χ2v) is 6.35. The predicted molar refractivity (Wildman–Crippen MR) is 92.0 cm³/mol. The Bertz CT molecular complexity index is 720. The number of benzene rings is 1. The SMILES string of the molecule is NC(=O)c1ccc(/C=C/C(=O)N2CCCC2c2ccsc2)cc1. The van der Waals surface area contributed by atoms with E-state index < -0.39 is 5.91 Å². The van der Waals surface area contributed by atoms with Crippen LogP contribution in [0, 0.1) is 0 Å². The molecule has 1 aliphatic rings. The highest BCUT2D eigenvalue weighted by atomic mass is 32.1. The van der Waals surface area contributed by atoms with E-state index in [1.165, 1.54) is 5.56 Å². The summed E-state index contributed by atoms with van der Waals surface area (Å²) < 4.78 is 0. The smallest absolute Gasteiger partial charge is 0.248 e. The third kappa shape index (κ3) is 3.51. The van der Waals surface area contributed by atoms with Crippen LogP contribution < -0.4 is 5.73 Å². The van der Waals surface area contributed by atoms with Crippen LogP contribution in [0.4, 0.5) is 0 Å². The highest BCUT2D eigenvalue weighted by Gasteiger charge is 2.28. The van der Waals surface area contributed by atoms with Crippen LogP contribution in [-0.4, -0.2) is 23.3 Å². The summed E-state index contributed by atoms with van der Waals surface area (Å²) in [5.41, 5.74) is 7.77. The number of nitrogens with zero attached hydrogens (tertiary/aromatic N) is 1. The van der Waals surface area contributed by atoms with Crippen molar-refractivity contribution in [2.24, 2.45) is 5.73 Å². The average molecular weight is 326 g/mol. The van der Waals surface area contributed by atoms with Crippen LogP contribution in [0.25, 0.3) is 6.08 Å². The zero-order valence-corrected chi connectivity index (χ0v) is 13.5. The molecule has 1 fully saturated rings. The largest absolute Gasteiger partial charge is 0.366 e. The molecule has 5 heteroatoms. The Kier molecular flexibility index (Phi) is 4.57. The molecule has 1 aliphatic heterocycles. The van der Waals surface area contributed by atoms with Crippen molar-refractivity contribution < 1.29 is 9.59 Å². The van der Waals surface area contributed by atoms with Crippen molar-refractivity contribution in [2.45, 2.75) is 18.9 Å². The summed E-state index contributed by atoms with van der Waals surface area (Å²) in [4.78, 5) is 25.4. The van der Waals surface area contributed by atoms with Gasteiger partial charge in [-0.3, -0.25) is 9.59 Å². The highest BCUT2D eigenvalue weighted by molar-refractivity contribution is 7.08. The van der Waals surface area contributed by atoms with Gasteiger partial charge in [-0.2, -0.15) is 11.3 Å². The number of nitrogens with two attached hydrogens (primary N) is 1. The van der Waals surface area contributed by atoms with Gasteiger partial charge in [0.05, 0.1) is 6.04 Å². The molecule has 1 aromatic heterocycles. The first-order chi connectivity index (χ1) is 11.1. The lowest BCUT2D eigenvalue weighted by atomic mass is 10.1. The molecule has 1 aromatic carbocycles. The molecule has 3 rings (SSSR count). The van der Waals surface area contributed by atoms with Crippen molar-refractivity contribution in [1.82, 2.24) is 4.90 Å². The zero-order chi connectivity index (χ0) is 16.2. The number of likely N-dealkylation sites (tertiary alicyclic amines) is 1. The van der Waals surface area contributed by atoms with Gasteiger partial charge >= 0.3 is 0 Å². The summed E-state index contributed by atoms with van der Waals surface area (Å²) in [5.74, 6) is -0.426. The van der Waals surface area contributed by atoms with Gasteiger partial charge in [0.2, 0.25) is 11.8 Å². The van der Waals surface area contributed by atoms with Crippen LogP contribution in [0.15, 0.2) is 47.2 Å². The molecule has 2 aromatic rings. The summed E-state index contributed by atoms with van der Waals surface area (Å²) in [5, 5.41) is 4.16. The standard InChI is InChI=1S/C18H18N2O2S/c19-18(22)14-6-3-13(4-7-14)5-8-17(21)20-10-1-2-16(20)15-9-11-23-12-15/h3-9,11-12,16H,1-2,10H2,(H2,19,22)/b8-5+. The second-order valence-electron chi connectivity index (χ2n) is 5.57. The summed E-state index contributed by atoms with van der Waals surface area (Å²) in [6.45, 7) is 0.796. The normalized spacial score (nSPS) is 17.7. The van der Waals surface area contributed by atoms with Crippen LogP contribution in [0.3, 0.4) is 0 Å². The molecule has 2 heterocycles. The maximum atomic E-state index is 12.5. The molecule has 1 saturated heterocycles. The van der Waals surface area contributed by atoms with Crippen LogP contribution >= 0.6 is 11.3 Å². The van der Waals surface area contributed by atoms with Crippen molar-refractivity contribution in [3.8, 4) is 0 Å². The number of carbonyl (C=O) groups is 2. The monoisotopic (exact) mass is 326 g/mol. The van der Waals surface area contributed by atoms with Crippen molar-refractivity contribution >= 4 is 29.2 Å². The Hall–Kier alpha value is -2.40. The molecular formula is C18H18N2O2S. The van der Waals surface area contributed by atoms with E-state index in [1.54, 1.807) is 47.8 Å². The third-order valence-electron chi connectivity index (χ3n) is 4.08. The maximum Gasteiger partial charge on any atom is 0.248 e. The molecule has 0 aliphatic carbocycles. The fourth-order valence-corrected chi connectivity index (χ4v) is 3.57. The molecule has 118 valence electrons. The number of amides is 2. The van der Waals surface area contributed by atoms with Crippen LogP contribution in [0.2, 0.25) is 0 Å². The first-order valence-electron chi connectivity index (χ1n) is 7.56. The molecule has 1 unspecified atom stereocenters. The maximum absolute atomic E-state index is 12.5. The predicted octanol–water partition coefficient (Wildman–Crippen LogP) is 3.22. The minimum Gasteiger partial charge on any atom is -0.366 e. The minimum absolute atomic E-state index is 0.0256. The fourth-order valence-electron chi connectivity index (χ4n) is 2.86. The zero-order valence-electron chi connectivity index (χ0n) is 12.6. The summed E-state index contributed by atoms with van der Waals surface area (Å²) in [6, 6.07) is 9.17. The average Bonchev–Trinajstić information content (AvgIpc) is 3.23. The van der Waals surface area contributed by atoms with Crippen molar-refractivity contribution in [3.63, 3.8) is 0 Å². The van der Waals surface area contributed by atoms with E-state index in [9.17, 15) is 9.59 Å². The van der Waals surface area contributed by atoms with E-state index in [-0.39, 0.29) is 11.9 Å². The van der Waals surface area contributed by atoms with E-state index in [0.717, 1.165) is 24.9 Å². The van der Waals surface area contributed by atoms with Gasteiger partial charge in [0, 0.05) is 18.2 Å². The van der Waals surface area contributed by atoms with Gasteiger partial charge in [0.1, 0.15) is 0 Å². The summed E-state index contributed by atoms with van der Waals surface area (Å²) >= 11 is 1.66. The highest BCUT2D eigenvalue weighted by Crippen LogP contribution is 2.33. The molecule has 1 atom stereocenters.